The van der Waals surface area contributed by atoms with Crippen molar-refractivity contribution in [1.82, 2.24) is 10.2 Å². The average Bonchev–Trinajstić information content (AvgIpc) is 2.70. The summed E-state index contributed by atoms with van der Waals surface area (Å²) in [6.45, 7) is 7.57. The van der Waals surface area contributed by atoms with E-state index in [2.05, 4.69) is 5.32 Å². The van der Waals surface area contributed by atoms with Gasteiger partial charge in [0.2, 0.25) is 0 Å². The molecule has 19 heavy (non-hydrogen) atoms. The molecule has 1 amide bonds. The Bertz CT molecular complexity index is 321. The van der Waals surface area contributed by atoms with Gasteiger partial charge in [-0.25, -0.2) is 4.79 Å². The molecule has 110 valence electrons. The number of amides is 1. The quantitative estimate of drug-likeness (QED) is 0.755. The zero-order chi connectivity index (χ0) is 14.0. The number of likely N-dealkylation sites (tertiary alicyclic amines) is 1. The van der Waals surface area contributed by atoms with E-state index in [4.69, 9.17) is 4.74 Å². The molecule has 2 fully saturated rings. The van der Waals surface area contributed by atoms with Crippen LogP contribution in [0.5, 0.6) is 0 Å². The van der Waals surface area contributed by atoms with E-state index in [1.807, 2.05) is 20.8 Å². The highest BCUT2D eigenvalue weighted by Gasteiger charge is 2.40. The molecule has 5 nitrogen and oxygen atoms in total. The highest BCUT2D eigenvalue weighted by atomic mass is 16.6. The van der Waals surface area contributed by atoms with E-state index in [-0.39, 0.29) is 12.0 Å². The van der Waals surface area contributed by atoms with Crippen LogP contribution in [-0.4, -0.2) is 53.5 Å². The van der Waals surface area contributed by atoms with Crippen molar-refractivity contribution in [3.8, 4) is 0 Å². The Hall–Kier alpha value is -0.810. The molecule has 0 bridgehead atoms. The smallest absolute Gasteiger partial charge is 0.410 e. The van der Waals surface area contributed by atoms with Gasteiger partial charge < -0.3 is 20.1 Å². The zero-order valence-corrected chi connectivity index (χ0v) is 12.2. The van der Waals surface area contributed by atoms with Crippen LogP contribution in [0, 0.1) is 5.92 Å². The van der Waals surface area contributed by atoms with Gasteiger partial charge in [0.1, 0.15) is 5.60 Å². The van der Waals surface area contributed by atoms with Crippen LogP contribution >= 0.6 is 0 Å². The lowest BCUT2D eigenvalue weighted by atomic mass is 9.90. The van der Waals surface area contributed by atoms with Crippen molar-refractivity contribution in [1.29, 1.82) is 0 Å². The van der Waals surface area contributed by atoms with Crippen molar-refractivity contribution in [2.24, 2.45) is 5.92 Å². The number of rotatable bonds is 1. The normalized spacial score (nSPS) is 32.4. The Morgan fingerprint density at radius 3 is 2.63 bits per heavy atom. The SMILES string of the molecule is CC(C)(C)OC(=O)N1C[C@H](C2CCCCN2)[C@@H](O)C1. The molecule has 1 unspecified atom stereocenters. The number of β-amino-alcohol motifs (C(OH)–C–C–N with tert-alkyl or cyclic N) is 1. The predicted molar refractivity (Wildman–Crippen MR) is 72.9 cm³/mol. The summed E-state index contributed by atoms with van der Waals surface area (Å²) in [6, 6.07) is 0.330. The maximum atomic E-state index is 12.0. The predicted octanol–water partition coefficient (Wildman–Crippen LogP) is 1.36. The minimum atomic E-state index is -0.483. The number of nitrogens with one attached hydrogen (secondary N) is 1. The maximum Gasteiger partial charge on any atom is 0.410 e. The summed E-state index contributed by atoms with van der Waals surface area (Å²) >= 11 is 0. The third-order valence-electron chi connectivity index (χ3n) is 3.85. The van der Waals surface area contributed by atoms with Crippen LogP contribution in [0.25, 0.3) is 0 Å². The van der Waals surface area contributed by atoms with Crippen molar-refractivity contribution < 1.29 is 14.6 Å². The monoisotopic (exact) mass is 270 g/mol. The summed E-state index contributed by atoms with van der Waals surface area (Å²) in [5.74, 6) is 0.132. The minimum Gasteiger partial charge on any atom is -0.444 e. The maximum absolute atomic E-state index is 12.0. The lowest BCUT2D eigenvalue weighted by molar-refractivity contribution is 0.0269. The van der Waals surface area contributed by atoms with Gasteiger partial charge >= 0.3 is 6.09 Å². The van der Waals surface area contributed by atoms with Gasteiger partial charge in [-0.15, -0.1) is 0 Å². The van der Waals surface area contributed by atoms with E-state index in [0.29, 0.717) is 19.1 Å². The second-order valence-electron chi connectivity index (χ2n) is 6.67. The number of aliphatic hydroxyl groups is 1. The standard InChI is InChI=1S/C14H26N2O3/c1-14(2,3)19-13(18)16-8-10(12(17)9-16)11-6-4-5-7-15-11/h10-12,15,17H,4-9H2,1-3H3/t10-,11?,12+/m1/s1. The van der Waals surface area contributed by atoms with Crippen LogP contribution in [0.3, 0.4) is 0 Å². The number of hydrogen-bond donors (Lipinski definition) is 2. The highest BCUT2D eigenvalue weighted by Crippen LogP contribution is 2.26. The lowest BCUT2D eigenvalue weighted by Gasteiger charge is -2.30. The van der Waals surface area contributed by atoms with Gasteiger partial charge in [-0.05, 0) is 40.2 Å². The molecule has 2 heterocycles. The van der Waals surface area contributed by atoms with Crippen LogP contribution in [0.2, 0.25) is 0 Å². The van der Waals surface area contributed by atoms with Crippen molar-refractivity contribution in [3.05, 3.63) is 0 Å². The van der Waals surface area contributed by atoms with Crippen LogP contribution in [-0.2, 0) is 4.74 Å². The van der Waals surface area contributed by atoms with Gasteiger partial charge in [-0.2, -0.15) is 0 Å². The fraction of sp³-hybridized carbons (Fsp3) is 0.929. The molecule has 2 aliphatic rings. The number of carbonyl (C=O) groups is 1. The van der Waals surface area contributed by atoms with Crippen molar-refractivity contribution in [3.63, 3.8) is 0 Å². The van der Waals surface area contributed by atoms with E-state index in [0.717, 1.165) is 13.0 Å². The van der Waals surface area contributed by atoms with Gasteiger partial charge in [-0.1, -0.05) is 6.42 Å². The van der Waals surface area contributed by atoms with Crippen LogP contribution < -0.4 is 5.32 Å². The molecule has 0 saturated carbocycles. The lowest BCUT2D eigenvalue weighted by Crippen LogP contribution is -2.44. The number of carbonyl (C=O) groups excluding carboxylic acids is 1. The first-order valence-corrected chi connectivity index (χ1v) is 7.26. The number of ether oxygens (including phenoxy) is 1. The Morgan fingerprint density at radius 2 is 2.05 bits per heavy atom. The molecule has 5 heteroatoms. The van der Waals surface area contributed by atoms with Crippen LogP contribution in [0.1, 0.15) is 40.0 Å². The number of nitrogens with zero attached hydrogens (tertiary/aromatic N) is 1. The molecule has 0 aromatic rings. The van der Waals surface area contributed by atoms with Crippen LogP contribution in [0.15, 0.2) is 0 Å². The molecule has 2 rings (SSSR count). The summed E-state index contributed by atoms with van der Waals surface area (Å²) in [7, 11) is 0. The second-order valence-corrected chi connectivity index (χ2v) is 6.67. The average molecular weight is 270 g/mol. The Morgan fingerprint density at radius 1 is 1.32 bits per heavy atom. The Labute approximate surface area is 115 Å². The first-order valence-electron chi connectivity index (χ1n) is 7.26. The molecule has 0 spiro atoms. The summed E-state index contributed by atoms with van der Waals surface area (Å²) in [5.41, 5.74) is -0.483. The molecule has 2 N–H and O–H groups in total. The summed E-state index contributed by atoms with van der Waals surface area (Å²) < 4.78 is 5.36. The van der Waals surface area contributed by atoms with E-state index in [9.17, 15) is 9.90 Å². The van der Waals surface area contributed by atoms with E-state index in [1.54, 1.807) is 4.90 Å². The molecule has 2 saturated heterocycles. The molecule has 0 aliphatic carbocycles. The van der Waals surface area contributed by atoms with Gasteiger partial charge in [0.25, 0.3) is 0 Å². The van der Waals surface area contributed by atoms with Crippen LogP contribution in [0.4, 0.5) is 4.79 Å². The molecular formula is C14H26N2O3. The third kappa shape index (κ3) is 3.83. The van der Waals surface area contributed by atoms with Gasteiger partial charge in [-0.3, -0.25) is 0 Å². The zero-order valence-electron chi connectivity index (χ0n) is 12.2. The number of hydrogen-bond acceptors (Lipinski definition) is 4. The van der Waals surface area contributed by atoms with Crippen molar-refractivity contribution >= 4 is 6.09 Å². The first kappa shape index (κ1) is 14.6. The first-order chi connectivity index (χ1) is 8.87. The molecule has 0 aromatic carbocycles. The topological polar surface area (TPSA) is 61.8 Å². The number of piperidine rings is 1. The molecule has 0 radical (unpaired) electrons. The minimum absolute atomic E-state index is 0.132. The van der Waals surface area contributed by atoms with Gasteiger partial charge in [0.15, 0.2) is 0 Å². The second kappa shape index (κ2) is 5.67. The summed E-state index contributed by atoms with van der Waals surface area (Å²) in [5, 5.41) is 13.6. The van der Waals surface area contributed by atoms with Gasteiger partial charge in [0.05, 0.1) is 12.6 Å². The fourth-order valence-corrected chi connectivity index (χ4v) is 2.93. The molecule has 3 atom stereocenters. The number of aliphatic hydroxyl groups excluding tert-OH is 1. The van der Waals surface area contributed by atoms with E-state index in [1.165, 1.54) is 12.8 Å². The Balaban J connectivity index is 1.91. The van der Waals surface area contributed by atoms with Crippen molar-refractivity contribution in [2.45, 2.75) is 57.8 Å². The van der Waals surface area contributed by atoms with E-state index >= 15 is 0 Å². The third-order valence-corrected chi connectivity index (χ3v) is 3.85. The molecule has 2 aliphatic heterocycles. The summed E-state index contributed by atoms with van der Waals surface area (Å²) in [4.78, 5) is 13.6. The van der Waals surface area contributed by atoms with Crippen molar-refractivity contribution in [2.75, 3.05) is 19.6 Å². The fourth-order valence-electron chi connectivity index (χ4n) is 2.93. The summed E-state index contributed by atoms with van der Waals surface area (Å²) in [6.07, 6.45) is 2.74. The molecular weight excluding hydrogens is 244 g/mol. The largest absolute Gasteiger partial charge is 0.444 e. The molecule has 0 aromatic heterocycles. The van der Waals surface area contributed by atoms with E-state index < -0.39 is 11.7 Å². The highest BCUT2D eigenvalue weighted by molar-refractivity contribution is 5.68. The van der Waals surface area contributed by atoms with Gasteiger partial charge in [0, 0.05) is 18.5 Å². The Kier molecular flexibility index (Phi) is 4.36.